The minimum atomic E-state index is -0.191. The molecule has 0 atom stereocenters. The molecule has 0 aliphatic carbocycles. The molecule has 4 nitrogen and oxygen atoms in total. The number of carbonyl (C=O) groups is 1. The lowest BCUT2D eigenvalue weighted by molar-refractivity contribution is 0.103. The van der Waals surface area contributed by atoms with Crippen LogP contribution in [0.1, 0.15) is 15.9 Å². The second kappa shape index (κ2) is 3.74. The standard InChI is InChI=1S/C10H8ClN3O/c11-7-1-2-9(12)8(3-7)10(15)6-4-13-14-5-6/h1-5H,12H2,(H,13,14). The van der Waals surface area contributed by atoms with Crippen molar-refractivity contribution in [2.75, 3.05) is 5.73 Å². The molecule has 0 amide bonds. The Kier molecular flexibility index (Phi) is 2.43. The maximum Gasteiger partial charge on any atom is 0.198 e. The molecular weight excluding hydrogens is 214 g/mol. The number of aromatic amines is 1. The Morgan fingerprint density at radius 1 is 1.47 bits per heavy atom. The van der Waals surface area contributed by atoms with E-state index in [4.69, 9.17) is 17.3 Å². The van der Waals surface area contributed by atoms with Gasteiger partial charge in [-0.3, -0.25) is 9.89 Å². The summed E-state index contributed by atoms with van der Waals surface area (Å²) in [6.45, 7) is 0. The van der Waals surface area contributed by atoms with Crippen molar-refractivity contribution in [3.63, 3.8) is 0 Å². The van der Waals surface area contributed by atoms with E-state index in [0.717, 1.165) is 0 Å². The average Bonchev–Trinajstić information content (AvgIpc) is 2.74. The van der Waals surface area contributed by atoms with Gasteiger partial charge in [-0.2, -0.15) is 5.10 Å². The van der Waals surface area contributed by atoms with Crippen molar-refractivity contribution in [3.05, 3.63) is 46.7 Å². The Hall–Kier alpha value is -1.81. The van der Waals surface area contributed by atoms with Crippen LogP contribution in [0.2, 0.25) is 5.02 Å². The number of nitrogen functional groups attached to an aromatic ring is 1. The van der Waals surface area contributed by atoms with E-state index in [2.05, 4.69) is 10.2 Å². The van der Waals surface area contributed by atoms with Gasteiger partial charge in [-0.25, -0.2) is 0 Å². The second-order valence-corrected chi connectivity index (χ2v) is 3.48. The predicted octanol–water partition coefficient (Wildman–Crippen LogP) is 1.88. The number of nitrogens with one attached hydrogen (secondary N) is 1. The van der Waals surface area contributed by atoms with Crippen LogP contribution in [0.3, 0.4) is 0 Å². The SMILES string of the molecule is Nc1ccc(Cl)cc1C(=O)c1cn[nH]c1. The van der Waals surface area contributed by atoms with Gasteiger partial charge in [0.2, 0.25) is 0 Å². The minimum absolute atomic E-state index is 0.191. The maximum absolute atomic E-state index is 11.9. The number of H-pyrrole nitrogens is 1. The quantitative estimate of drug-likeness (QED) is 0.601. The predicted molar refractivity (Wildman–Crippen MR) is 57.9 cm³/mol. The van der Waals surface area contributed by atoms with E-state index >= 15 is 0 Å². The molecule has 5 heteroatoms. The molecule has 0 unspecified atom stereocenters. The minimum Gasteiger partial charge on any atom is -0.398 e. The summed E-state index contributed by atoms with van der Waals surface area (Å²) in [7, 11) is 0. The van der Waals surface area contributed by atoms with Crippen LogP contribution < -0.4 is 5.73 Å². The van der Waals surface area contributed by atoms with Crippen LogP contribution in [-0.4, -0.2) is 16.0 Å². The summed E-state index contributed by atoms with van der Waals surface area (Å²) in [5.41, 5.74) is 6.95. The molecule has 1 heterocycles. The number of anilines is 1. The van der Waals surface area contributed by atoms with Crippen LogP contribution in [0.5, 0.6) is 0 Å². The van der Waals surface area contributed by atoms with Gasteiger partial charge in [0, 0.05) is 22.5 Å². The summed E-state index contributed by atoms with van der Waals surface area (Å²) in [4.78, 5) is 11.9. The third-order valence-electron chi connectivity index (χ3n) is 2.02. The van der Waals surface area contributed by atoms with E-state index < -0.39 is 0 Å². The molecule has 0 spiro atoms. The number of carbonyl (C=O) groups excluding carboxylic acids is 1. The highest BCUT2D eigenvalue weighted by Crippen LogP contribution is 2.20. The summed E-state index contributed by atoms with van der Waals surface area (Å²) in [6.07, 6.45) is 2.96. The second-order valence-electron chi connectivity index (χ2n) is 3.05. The van der Waals surface area contributed by atoms with Crippen LogP contribution in [0.25, 0.3) is 0 Å². The molecular formula is C10H8ClN3O. The smallest absolute Gasteiger partial charge is 0.198 e. The van der Waals surface area contributed by atoms with E-state index in [0.29, 0.717) is 21.8 Å². The lowest BCUT2D eigenvalue weighted by Crippen LogP contribution is -2.04. The van der Waals surface area contributed by atoms with Crippen molar-refractivity contribution in [2.45, 2.75) is 0 Å². The van der Waals surface area contributed by atoms with Crippen LogP contribution in [0.4, 0.5) is 5.69 Å². The number of halogens is 1. The zero-order valence-corrected chi connectivity index (χ0v) is 8.45. The number of nitrogens with two attached hydrogens (primary N) is 1. The van der Waals surface area contributed by atoms with Crippen molar-refractivity contribution in [1.29, 1.82) is 0 Å². The van der Waals surface area contributed by atoms with Gasteiger partial charge < -0.3 is 5.73 Å². The van der Waals surface area contributed by atoms with Crippen LogP contribution >= 0.6 is 11.6 Å². The van der Waals surface area contributed by atoms with E-state index in [-0.39, 0.29) is 5.78 Å². The lowest BCUT2D eigenvalue weighted by atomic mass is 10.0. The average molecular weight is 222 g/mol. The number of hydrogen-bond acceptors (Lipinski definition) is 3. The highest BCUT2D eigenvalue weighted by molar-refractivity contribution is 6.31. The van der Waals surface area contributed by atoms with Gasteiger partial charge in [-0.1, -0.05) is 11.6 Å². The number of ketones is 1. The molecule has 0 aliphatic heterocycles. The number of benzene rings is 1. The molecule has 15 heavy (non-hydrogen) atoms. The molecule has 0 radical (unpaired) electrons. The molecule has 76 valence electrons. The molecule has 1 aromatic carbocycles. The zero-order chi connectivity index (χ0) is 10.8. The van der Waals surface area contributed by atoms with E-state index in [1.807, 2.05) is 0 Å². The van der Waals surface area contributed by atoms with Gasteiger partial charge in [0.1, 0.15) is 0 Å². The van der Waals surface area contributed by atoms with Gasteiger partial charge in [0.25, 0.3) is 0 Å². The third kappa shape index (κ3) is 1.85. The summed E-state index contributed by atoms with van der Waals surface area (Å²) in [6, 6.07) is 4.80. The molecule has 1 aromatic heterocycles. The van der Waals surface area contributed by atoms with E-state index in [9.17, 15) is 4.79 Å². The van der Waals surface area contributed by atoms with Gasteiger partial charge in [0.15, 0.2) is 5.78 Å². The Morgan fingerprint density at radius 3 is 2.93 bits per heavy atom. The third-order valence-corrected chi connectivity index (χ3v) is 2.26. The van der Waals surface area contributed by atoms with Gasteiger partial charge in [-0.15, -0.1) is 0 Å². The van der Waals surface area contributed by atoms with Crippen LogP contribution in [0, 0.1) is 0 Å². The summed E-state index contributed by atoms with van der Waals surface area (Å²) in [5.74, 6) is -0.191. The fourth-order valence-corrected chi connectivity index (χ4v) is 1.43. The first-order valence-corrected chi connectivity index (χ1v) is 4.65. The first kappa shape index (κ1) is 9.73. The Balaban J connectivity index is 2.46. The van der Waals surface area contributed by atoms with Gasteiger partial charge >= 0.3 is 0 Å². The largest absolute Gasteiger partial charge is 0.398 e. The Labute approximate surface area is 91.1 Å². The summed E-state index contributed by atoms with van der Waals surface area (Å²) in [5, 5.41) is 6.75. The highest BCUT2D eigenvalue weighted by Gasteiger charge is 2.13. The van der Waals surface area contributed by atoms with Gasteiger partial charge in [-0.05, 0) is 18.2 Å². The fourth-order valence-electron chi connectivity index (χ4n) is 1.26. The van der Waals surface area contributed by atoms with Crippen LogP contribution in [-0.2, 0) is 0 Å². The number of hydrogen-bond donors (Lipinski definition) is 2. The zero-order valence-electron chi connectivity index (χ0n) is 7.70. The van der Waals surface area contributed by atoms with Crippen molar-refractivity contribution in [1.82, 2.24) is 10.2 Å². The van der Waals surface area contributed by atoms with Crippen molar-refractivity contribution < 1.29 is 4.79 Å². The molecule has 0 bridgehead atoms. The topological polar surface area (TPSA) is 71.8 Å². The number of aromatic nitrogens is 2. The van der Waals surface area contributed by atoms with Crippen LogP contribution in [0.15, 0.2) is 30.6 Å². The monoisotopic (exact) mass is 221 g/mol. The molecule has 2 rings (SSSR count). The van der Waals surface area contributed by atoms with Crippen molar-refractivity contribution in [3.8, 4) is 0 Å². The van der Waals surface area contributed by atoms with E-state index in [1.165, 1.54) is 12.4 Å². The first-order chi connectivity index (χ1) is 7.18. The summed E-state index contributed by atoms with van der Waals surface area (Å²) < 4.78 is 0. The number of nitrogens with zero attached hydrogens (tertiary/aromatic N) is 1. The molecule has 0 aliphatic rings. The van der Waals surface area contributed by atoms with Gasteiger partial charge in [0.05, 0.1) is 11.8 Å². The maximum atomic E-state index is 11.9. The first-order valence-electron chi connectivity index (χ1n) is 4.27. The molecule has 0 fully saturated rings. The lowest BCUT2D eigenvalue weighted by Gasteiger charge is -2.03. The van der Waals surface area contributed by atoms with Crippen molar-refractivity contribution >= 4 is 23.1 Å². The Morgan fingerprint density at radius 2 is 2.27 bits per heavy atom. The molecule has 0 saturated heterocycles. The molecule has 0 saturated carbocycles. The van der Waals surface area contributed by atoms with E-state index in [1.54, 1.807) is 18.2 Å². The molecule has 3 N–H and O–H groups in total. The van der Waals surface area contributed by atoms with Crippen molar-refractivity contribution in [2.24, 2.45) is 0 Å². The molecule has 2 aromatic rings. The highest BCUT2D eigenvalue weighted by atomic mass is 35.5. The fraction of sp³-hybridized carbons (Fsp3) is 0. The normalized spacial score (nSPS) is 10.2. The number of rotatable bonds is 2. The Bertz CT molecular complexity index is 493. The summed E-state index contributed by atoms with van der Waals surface area (Å²) >= 11 is 5.79.